The van der Waals surface area contributed by atoms with Crippen LogP contribution in [0.5, 0.6) is 0 Å². The first-order chi connectivity index (χ1) is 11.5. The predicted octanol–water partition coefficient (Wildman–Crippen LogP) is 3.56. The lowest BCUT2D eigenvalue weighted by Crippen LogP contribution is -2.33. The van der Waals surface area contributed by atoms with Crippen molar-refractivity contribution >= 4 is 10.1 Å². The molecule has 134 valence electrons. The Labute approximate surface area is 144 Å². The third-order valence-corrected chi connectivity index (χ3v) is 6.07. The number of aryl methyl sites for hydroxylation is 1. The fourth-order valence-corrected chi connectivity index (χ4v) is 4.31. The molecule has 1 saturated heterocycles. The Morgan fingerprint density at radius 2 is 1.88 bits per heavy atom. The molecule has 0 unspecified atom stereocenters. The first-order valence-electron chi connectivity index (χ1n) is 8.77. The third-order valence-electron chi connectivity index (χ3n) is 4.75. The summed E-state index contributed by atoms with van der Waals surface area (Å²) in [6, 6.07) is 6.68. The molecule has 0 N–H and O–H groups in total. The monoisotopic (exact) mass is 354 g/mol. The molecule has 1 heterocycles. The summed E-state index contributed by atoms with van der Waals surface area (Å²) in [5.41, 5.74) is 1.02. The Hall–Kier alpha value is -0.950. The Morgan fingerprint density at radius 1 is 1.17 bits per heavy atom. The maximum absolute atomic E-state index is 12.1. The molecule has 1 saturated carbocycles. The van der Waals surface area contributed by atoms with Crippen LogP contribution in [0, 0.1) is 6.92 Å². The van der Waals surface area contributed by atoms with Crippen molar-refractivity contribution in [1.29, 1.82) is 0 Å². The van der Waals surface area contributed by atoms with E-state index in [-0.39, 0.29) is 23.4 Å². The van der Waals surface area contributed by atoms with Gasteiger partial charge in [-0.05, 0) is 44.7 Å². The Morgan fingerprint density at radius 3 is 2.58 bits per heavy atom. The number of benzene rings is 1. The van der Waals surface area contributed by atoms with E-state index in [1.54, 1.807) is 24.3 Å². The van der Waals surface area contributed by atoms with Crippen LogP contribution in [0.25, 0.3) is 0 Å². The topological polar surface area (TPSA) is 61.8 Å². The average molecular weight is 354 g/mol. The van der Waals surface area contributed by atoms with Crippen LogP contribution in [0.3, 0.4) is 0 Å². The van der Waals surface area contributed by atoms with Gasteiger partial charge in [-0.25, -0.2) is 0 Å². The molecule has 2 aliphatic rings. The highest BCUT2D eigenvalue weighted by Gasteiger charge is 2.41. The number of hydrogen-bond acceptors (Lipinski definition) is 5. The first-order valence-corrected chi connectivity index (χ1v) is 10.2. The molecule has 0 aromatic heterocycles. The van der Waals surface area contributed by atoms with Crippen LogP contribution in [-0.4, -0.2) is 33.5 Å². The zero-order chi connectivity index (χ0) is 17.0. The molecule has 1 aliphatic heterocycles. The summed E-state index contributed by atoms with van der Waals surface area (Å²) in [7, 11) is -3.67. The Kier molecular flexibility index (Phi) is 5.59. The molecule has 5 nitrogen and oxygen atoms in total. The van der Waals surface area contributed by atoms with Crippen LogP contribution >= 0.6 is 0 Å². The van der Waals surface area contributed by atoms with Crippen molar-refractivity contribution in [3.8, 4) is 0 Å². The van der Waals surface area contributed by atoms with E-state index >= 15 is 0 Å². The summed E-state index contributed by atoms with van der Waals surface area (Å²) in [6.07, 6.45) is 6.96. The fourth-order valence-electron chi connectivity index (χ4n) is 3.36. The molecule has 24 heavy (non-hydrogen) atoms. The first kappa shape index (κ1) is 17.9. The van der Waals surface area contributed by atoms with Crippen LogP contribution in [-0.2, 0) is 23.8 Å². The summed E-state index contributed by atoms with van der Waals surface area (Å²) < 4.78 is 41.3. The molecule has 1 atom stereocenters. The molecule has 0 radical (unpaired) electrons. The van der Waals surface area contributed by atoms with Gasteiger partial charge in [0.2, 0.25) is 0 Å². The Bertz CT molecular complexity index is 632. The standard InChI is InChI=1S/C18H26O5S/c1-15-7-9-17(10-8-15)24(19,20)22-13-5-6-16-14-21-18(23-16)11-3-2-4-12-18/h7-10,16H,2-6,11-14H2,1H3/t16-/m0/s1. The van der Waals surface area contributed by atoms with Gasteiger partial charge in [0.05, 0.1) is 24.2 Å². The van der Waals surface area contributed by atoms with Gasteiger partial charge in [-0.15, -0.1) is 0 Å². The van der Waals surface area contributed by atoms with Crippen molar-refractivity contribution in [2.45, 2.75) is 68.7 Å². The molecule has 1 spiro atoms. The summed E-state index contributed by atoms with van der Waals surface area (Å²) in [5.74, 6) is -0.363. The lowest BCUT2D eigenvalue weighted by atomic mass is 9.94. The summed E-state index contributed by atoms with van der Waals surface area (Å²) in [5, 5.41) is 0. The van der Waals surface area contributed by atoms with E-state index in [9.17, 15) is 8.42 Å². The minimum atomic E-state index is -3.67. The lowest BCUT2D eigenvalue weighted by molar-refractivity contribution is -0.187. The highest BCUT2D eigenvalue weighted by molar-refractivity contribution is 7.86. The second-order valence-electron chi connectivity index (χ2n) is 6.75. The van der Waals surface area contributed by atoms with Crippen molar-refractivity contribution in [2.75, 3.05) is 13.2 Å². The van der Waals surface area contributed by atoms with Crippen LogP contribution in [0.15, 0.2) is 29.2 Å². The zero-order valence-corrected chi connectivity index (χ0v) is 15.0. The SMILES string of the molecule is Cc1ccc(S(=O)(=O)OCCC[C@H]2COC3(CCCCC3)O2)cc1. The normalized spacial score (nSPS) is 23.6. The maximum atomic E-state index is 12.1. The fraction of sp³-hybridized carbons (Fsp3) is 0.667. The second kappa shape index (κ2) is 7.52. The van der Waals surface area contributed by atoms with Crippen LogP contribution < -0.4 is 0 Å². The number of rotatable bonds is 6. The van der Waals surface area contributed by atoms with Gasteiger partial charge in [0.1, 0.15) is 0 Å². The van der Waals surface area contributed by atoms with Gasteiger partial charge in [-0.1, -0.05) is 24.1 Å². The van der Waals surface area contributed by atoms with Gasteiger partial charge in [-0.3, -0.25) is 4.18 Å². The molecule has 2 fully saturated rings. The molecule has 3 rings (SSSR count). The predicted molar refractivity (Wildman–Crippen MR) is 90.2 cm³/mol. The van der Waals surface area contributed by atoms with Crippen molar-refractivity contribution in [3.05, 3.63) is 29.8 Å². The molecule has 1 aromatic rings. The lowest BCUT2D eigenvalue weighted by Gasteiger charge is -2.31. The van der Waals surface area contributed by atoms with Crippen molar-refractivity contribution in [1.82, 2.24) is 0 Å². The van der Waals surface area contributed by atoms with E-state index in [1.165, 1.54) is 6.42 Å². The summed E-state index contributed by atoms with van der Waals surface area (Å²) in [6.45, 7) is 2.69. The number of ether oxygens (including phenoxy) is 2. The molecular formula is C18H26O5S. The quantitative estimate of drug-likeness (QED) is 0.577. The second-order valence-corrected chi connectivity index (χ2v) is 8.37. The van der Waals surface area contributed by atoms with Gasteiger partial charge >= 0.3 is 0 Å². The van der Waals surface area contributed by atoms with Gasteiger partial charge in [0, 0.05) is 12.8 Å². The van der Waals surface area contributed by atoms with Crippen molar-refractivity contribution < 1.29 is 22.1 Å². The van der Waals surface area contributed by atoms with E-state index in [1.807, 2.05) is 6.92 Å². The van der Waals surface area contributed by atoms with E-state index in [2.05, 4.69) is 0 Å². The van der Waals surface area contributed by atoms with Gasteiger partial charge < -0.3 is 9.47 Å². The summed E-state index contributed by atoms with van der Waals surface area (Å²) in [4.78, 5) is 0.203. The largest absolute Gasteiger partial charge is 0.347 e. The van der Waals surface area contributed by atoms with Gasteiger partial charge in [0.15, 0.2) is 5.79 Å². The highest BCUT2D eigenvalue weighted by atomic mass is 32.2. The van der Waals surface area contributed by atoms with E-state index in [0.29, 0.717) is 13.0 Å². The maximum Gasteiger partial charge on any atom is 0.296 e. The highest BCUT2D eigenvalue weighted by Crippen LogP contribution is 2.38. The average Bonchev–Trinajstić information content (AvgIpc) is 2.95. The molecule has 1 aliphatic carbocycles. The van der Waals surface area contributed by atoms with Gasteiger partial charge in [-0.2, -0.15) is 8.42 Å². The molecular weight excluding hydrogens is 328 g/mol. The van der Waals surface area contributed by atoms with E-state index in [4.69, 9.17) is 13.7 Å². The minimum absolute atomic E-state index is 0.0498. The number of hydrogen-bond donors (Lipinski definition) is 0. The van der Waals surface area contributed by atoms with Gasteiger partial charge in [0.25, 0.3) is 10.1 Å². The van der Waals surface area contributed by atoms with Crippen LogP contribution in [0.2, 0.25) is 0 Å². The molecule has 1 aromatic carbocycles. The zero-order valence-electron chi connectivity index (χ0n) is 14.2. The molecule has 0 bridgehead atoms. The smallest absolute Gasteiger partial charge is 0.296 e. The van der Waals surface area contributed by atoms with E-state index in [0.717, 1.165) is 37.7 Å². The van der Waals surface area contributed by atoms with E-state index < -0.39 is 10.1 Å². The molecule has 6 heteroatoms. The summed E-state index contributed by atoms with van der Waals surface area (Å²) >= 11 is 0. The van der Waals surface area contributed by atoms with Crippen LogP contribution in [0.1, 0.15) is 50.5 Å². The third kappa shape index (κ3) is 4.36. The molecule has 0 amide bonds. The minimum Gasteiger partial charge on any atom is -0.347 e. The van der Waals surface area contributed by atoms with Crippen molar-refractivity contribution in [2.24, 2.45) is 0 Å². The van der Waals surface area contributed by atoms with Crippen LogP contribution in [0.4, 0.5) is 0 Å². The van der Waals surface area contributed by atoms with Crippen molar-refractivity contribution in [3.63, 3.8) is 0 Å². The Balaban J connectivity index is 1.41.